The Morgan fingerprint density at radius 3 is 2.43 bits per heavy atom. The zero-order valence-corrected chi connectivity index (χ0v) is 12.1. The van der Waals surface area contributed by atoms with Crippen LogP contribution in [0.4, 0.5) is 0 Å². The van der Waals surface area contributed by atoms with Gasteiger partial charge in [-0.05, 0) is 26.8 Å². The Morgan fingerprint density at radius 1 is 1.24 bits per heavy atom. The lowest BCUT2D eigenvalue weighted by atomic mass is 10.1. The van der Waals surface area contributed by atoms with E-state index < -0.39 is 17.4 Å². The smallest absolute Gasteiger partial charge is 0.328 e. The number of amides is 1. The van der Waals surface area contributed by atoms with E-state index >= 15 is 0 Å². The average molecular weight is 287 g/mol. The molecule has 0 unspecified atom stereocenters. The summed E-state index contributed by atoms with van der Waals surface area (Å²) in [6.45, 7) is 4.83. The predicted octanol–water partition coefficient (Wildman–Crippen LogP) is 1.98. The van der Waals surface area contributed by atoms with Crippen molar-refractivity contribution in [3.63, 3.8) is 0 Å². The number of aliphatic carboxylic acids is 1. The zero-order valence-electron chi connectivity index (χ0n) is 12.1. The van der Waals surface area contributed by atoms with E-state index in [2.05, 4.69) is 15.5 Å². The molecule has 0 fully saturated rings. The molecule has 1 heterocycles. The molecule has 110 valence electrons. The van der Waals surface area contributed by atoms with Crippen LogP contribution in [0.25, 0.3) is 11.3 Å². The van der Waals surface area contributed by atoms with Crippen molar-refractivity contribution in [1.29, 1.82) is 0 Å². The van der Waals surface area contributed by atoms with Crippen molar-refractivity contribution in [3.05, 3.63) is 41.6 Å². The van der Waals surface area contributed by atoms with Crippen molar-refractivity contribution in [2.24, 2.45) is 0 Å². The highest BCUT2D eigenvalue weighted by atomic mass is 16.4. The van der Waals surface area contributed by atoms with Crippen LogP contribution in [-0.2, 0) is 4.79 Å². The standard InChI is InChI=1S/C15H17N3O3/c1-9-4-6-10(7-5-9)11-8-12(18-17-11)13(19)16-15(2,3)14(20)21/h4-8H,1-3H3,(H,16,19)(H,17,18)(H,20,21). The molecular weight excluding hydrogens is 270 g/mol. The second-order valence-electron chi connectivity index (χ2n) is 5.42. The molecule has 0 aliphatic heterocycles. The van der Waals surface area contributed by atoms with Crippen LogP contribution < -0.4 is 5.32 Å². The van der Waals surface area contributed by atoms with Crippen LogP contribution in [0.2, 0.25) is 0 Å². The van der Waals surface area contributed by atoms with Gasteiger partial charge in [0, 0.05) is 5.56 Å². The number of aromatic amines is 1. The minimum Gasteiger partial charge on any atom is -0.480 e. The summed E-state index contributed by atoms with van der Waals surface area (Å²) in [7, 11) is 0. The van der Waals surface area contributed by atoms with Crippen LogP contribution in [0, 0.1) is 6.92 Å². The third kappa shape index (κ3) is 3.28. The molecule has 1 aromatic carbocycles. The maximum atomic E-state index is 12.0. The van der Waals surface area contributed by atoms with Crippen molar-refractivity contribution < 1.29 is 14.7 Å². The van der Waals surface area contributed by atoms with E-state index in [9.17, 15) is 9.59 Å². The molecule has 2 rings (SSSR count). The van der Waals surface area contributed by atoms with Crippen LogP contribution in [0.5, 0.6) is 0 Å². The summed E-state index contributed by atoms with van der Waals surface area (Å²) in [6, 6.07) is 9.33. The molecule has 6 heteroatoms. The number of aromatic nitrogens is 2. The van der Waals surface area contributed by atoms with Gasteiger partial charge in [-0.15, -0.1) is 0 Å². The van der Waals surface area contributed by atoms with Crippen molar-refractivity contribution in [2.45, 2.75) is 26.3 Å². The van der Waals surface area contributed by atoms with Crippen molar-refractivity contribution in [2.75, 3.05) is 0 Å². The first-order valence-electron chi connectivity index (χ1n) is 6.48. The van der Waals surface area contributed by atoms with E-state index in [1.165, 1.54) is 13.8 Å². The zero-order chi connectivity index (χ0) is 15.6. The number of hydrogen-bond acceptors (Lipinski definition) is 3. The first-order valence-corrected chi connectivity index (χ1v) is 6.48. The quantitative estimate of drug-likeness (QED) is 0.801. The molecule has 0 atom stereocenters. The fourth-order valence-electron chi connectivity index (χ4n) is 1.71. The topological polar surface area (TPSA) is 95.1 Å². The monoisotopic (exact) mass is 287 g/mol. The number of nitrogens with one attached hydrogen (secondary N) is 2. The summed E-state index contributed by atoms with van der Waals surface area (Å²) in [5.74, 6) is -1.61. The summed E-state index contributed by atoms with van der Waals surface area (Å²) in [5.41, 5.74) is 1.53. The minimum absolute atomic E-state index is 0.222. The molecule has 0 radical (unpaired) electrons. The van der Waals surface area contributed by atoms with Crippen molar-refractivity contribution >= 4 is 11.9 Å². The van der Waals surface area contributed by atoms with Gasteiger partial charge < -0.3 is 10.4 Å². The average Bonchev–Trinajstić information content (AvgIpc) is 2.88. The lowest BCUT2D eigenvalue weighted by Crippen LogP contribution is -2.49. The molecule has 0 aliphatic carbocycles. The summed E-state index contributed by atoms with van der Waals surface area (Å²) in [5, 5.41) is 18.1. The van der Waals surface area contributed by atoms with Gasteiger partial charge in [0.15, 0.2) is 0 Å². The van der Waals surface area contributed by atoms with E-state index in [1.54, 1.807) is 6.07 Å². The Kier molecular flexibility index (Phi) is 3.80. The Balaban J connectivity index is 2.18. The second-order valence-corrected chi connectivity index (χ2v) is 5.42. The number of carbonyl (C=O) groups excluding carboxylic acids is 1. The molecule has 0 aliphatic rings. The van der Waals surface area contributed by atoms with Gasteiger partial charge in [0.2, 0.25) is 0 Å². The lowest BCUT2D eigenvalue weighted by molar-refractivity contribution is -0.143. The summed E-state index contributed by atoms with van der Waals surface area (Å²) in [4.78, 5) is 23.0. The van der Waals surface area contributed by atoms with E-state index in [0.717, 1.165) is 11.1 Å². The van der Waals surface area contributed by atoms with Gasteiger partial charge in [0.1, 0.15) is 11.2 Å². The Morgan fingerprint density at radius 2 is 1.86 bits per heavy atom. The van der Waals surface area contributed by atoms with Gasteiger partial charge >= 0.3 is 5.97 Å². The Hall–Kier alpha value is -2.63. The predicted molar refractivity (Wildman–Crippen MR) is 77.9 cm³/mol. The number of H-pyrrole nitrogens is 1. The van der Waals surface area contributed by atoms with Crippen molar-refractivity contribution in [3.8, 4) is 11.3 Å². The normalized spacial score (nSPS) is 11.2. The number of aryl methyl sites for hydroxylation is 1. The third-order valence-corrected chi connectivity index (χ3v) is 3.13. The molecule has 3 N–H and O–H groups in total. The fraction of sp³-hybridized carbons (Fsp3) is 0.267. The highest BCUT2D eigenvalue weighted by molar-refractivity contribution is 5.96. The van der Waals surface area contributed by atoms with E-state index in [-0.39, 0.29) is 5.69 Å². The number of nitrogens with zero attached hydrogens (tertiary/aromatic N) is 1. The Labute approximate surface area is 122 Å². The van der Waals surface area contributed by atoms with Crippen LogP contribution in [0.1, 0.15) is 29.9 Å². The Bertz CT molecular complexity index is 672. The van der Waals surface area contributed by atoms with Gasteiger partial charge in [-0.2, -0.15) is 5.10 Å². The molecule has 0 bridgehead atoms. The summed E-state index contributed by atoms with van der Waals surface area (Å²) >= 11 is 0. The molecule has 0 spiro atoms. The summed E-state index contributed by atoms with van der Waals surface area (Å²) in [6.07, 6.45) is 0. The van der Waals surface area contributed by atoms with Crippen LogP contribution in [-0.4, -0.2) is 32.7 Å². The van der Waals surface area contributed by atoms with E-state index in [0.29, 0.717) is 5.69 Å². The molecule has 6 nitrogen and oxygen atoms in total. The van der Waals surface area contributed by atoms with Gasteiger partial charge in [0.25, 0.3) is 5.91 Å². The molecular formula is C15H17N3O3. The fourth-order valence-corrected chi connectivity index (χ4v) is 1.71. The van der Waals surface area contributed by atoms with Crippen molar-refractivity contribution in [1.82, 2.24) is 15.5 Å². The largest absolute Gasteiger partial charge is 0.480 e. The van der Waals surface area contributed by atoms with Gasteiger partial charge in [-0.25, -0.2) is 4.79 Å². The van der Waals surface area contributed by atoms with Gasteiger partial charge in [0.05, 0.1) is 5.69 Å². The number of carbonyl (C=O) groups is 2. The third-order valence-electron chi connectivity index (χ3n) is 3.13. The van der Waals surface area contributed by atoms with Gasteiger partial charge in [-0.3, -0.25) is 9.89 Å². The molecule has 1 amide bonds. The lowest BCUT2D eigenvalue weighted by Gasteiger charge is -2.20. The number of benzene rings is 1. The van der Waals surface area contributed by atoms with E-state index in [4.69, 9.17) is 5.11 Å². The highest BCUT2D eigenvalue weighted by Gasteiger charge is 2.29. The minimum atomic E-state index is -1.34. The van der Waals surface area contributed by atoms with Crippen LogP contribution in [0.3, 0.4) is 0 Å². The molecule has 0 saturated carbocycles. The molecule has 21 heavy (non-hydrogen) atoms. The maximum absolute atomic E-state index is 12.0. The molecule has 0 saturated heterocycles. The second kappa shape index (κ2) is 5.40. The van der Waals surface area contributed by atoms with E-state index in [1.807, 2.05) is 31.2 Å². The number of carboxylic acids is 1. The maximum Gasteiger partial charge on any atom is 0.328 e. The molecule has 1 aromatic heterocycles. The molecule has 2 aromatic rings. The van der Waals surface area contributed by atoms with Crippen LogP contribution in [0.15, 0.2) is 30.3 Å². The summed E-state index contributed by atoms with van der Waals surface area (Å²) < 4.78 is 0. The van der Waals surface area contributed by atoms with Crippen LogP contribution >= 0.6 is 0 Å². The number of hydrogen-bond donors (Lipinski definition) is 3. The van der Waals surface area contributed by atoms with Gasteiger partial charge in [-0.1, -0.05) is 29.8 Å². The first-order chi connectivity index (χ1) is 9.79. The number of carboxylic acid groups (broad SMARTS) is 1. The highest BCUT2D eigenvalue weighted by Crippen LogP contribution is 2.18. The first kappa shape index (κ1) is 14.8. The SMILES string of the molecule is Cc1ccc(-c2cc(C(=O)NC(C)(C)C(=O)O)[nH]n2)cc1. The number of rotatable bonds is 4.